The zero-order valence-electron chi connectivity index (χ0n) is 14.5. The summed E-state index contributed by atoms with van der Waals surface area (Å²) in [5.41, 5.74) is -0.0257. The summed E-state index contributed by atoms with van der Waals surface area (Å²) >= 11 is 9.23. The first-order chi connectivity index (χ1) is 13.9. The molecule has 146 valence electrons. The average molecular weight is 477 g/mol. The lowest BCUT2D eigenvalue weighted by atomic mass is 10.1. The summed E-state index contributed by atoms with van der Waals surface area (Å²) in [6.45, 7) is 0.0501. The number of nitro benzene ring substituents is 1. The fourth-order valence-electron chi connectivity index (χ4n) is 2.32. The van der Waals surface area contributed by atoms with Crippen molar-refractivity contribution in [2.45, 2.75) is 6.73 Å². The number of nitrogens with zero attached hydrogens (tertiary/aromatic N) is 4. The second kappa shape index (κ2) is 8.72. The number of rotatable bonds is 6. The highest BCUT2D eigenvalue weighted by Crippen LogP contribution is 2.28. The van der Waals surface area contributed by atoms with Gasteiger partial charge >= 0.3 is 0 Å². The molecule has 29 heavy (non-hydrogen) atoms. The molecule has 1 heterocycles. The Hall–Kier alpha value is -3.42. The van der Waals surface area contributed by atoms with Gasteiger partial charge in [-0.1, -0.05) is 11.6 Å². The van der Waals surface area contributed by atoms with Gasteiger partial charge in [-0.2, -0.15) is 10.4 Å². The Labute approximate surface area is 177 Å². The van der Waals surface area contributed by atoms with Crippen LogP contribution in [0.3, 0.4) is 0 Å². The van der Waals surface area contributed by atoms with Crippen molar-refractivity contribution >= 4 is 44.8 Å². The molecule has 0 radical (unpaired) electrons. The number of nitriles is 1. The number of ether oxygens (including phenoxy) is 1. The summed E-state index contributed by atoms with van der Waals surface area (Å²) in [6.07, 6.45) is 1.56. The maximum Gasteiger partial charge on any atom is 0.276 e. The van der Waals surface area contributed by atoms with E-state index in [1.54, 1.807) is 24.4 Å². The number of anilines is 1. The molecule has 0 aliphatic heterocycles. The molecule has 0 unspecified atom stereocenters. The van der Waals surface area contributed by atoms with Gasteiger partial charge in [-0.15, -0.1) is 0 Å². The van der Waals surface area contributed by atoms with Crippen molar-refractivity contribution in [3.05, 3.63) is 79.5 Å². The Morgan fingerprint density at radius 3 is 2.83 bits per heavy atom. The summed E-state index contributed by atoms with van der Waals surface area (Å²) in [5, 5.41) is 27.2. The molecule has 11 heteroatoms. The lowest BCUT2D eigenvalue weighted by Gasteiger charge is -2.08. The zero-order chi connectivity index (χ0) is 21.0. The van der Waals surface area contributed by atoms with Gasteiger partial charge in [0.2, 0.25) is 0 Å². The van der Waals surface area contributed by atoms with E-state index in [1.165, 1.54) is 22.9 Å². The molecule has 1 aromatic heterocycles. The van der Waals surface area contributed by atoms with Crippen LogP contribution in [-0.4, -0.2) is 20.6 Å². The number of carbonyl (C=O) groups excluding carboxylic acids is 1. The van der Waals surface area contributed by atoms with Gasteiger partial charge in [0.05, 0.1) is 20.6 Å². The van der Waals surface area contributed by atoms with E-state index in [1.807, 2.05) is 6.07 Å². The van der Waals surface area contributed by atoms with Crippen LogP contribution in [0.1, 0.15) is 16.1 Å². The van der Waals surface area contributed by atoms with Crippen LogP contribution in [0.25, 0.3) is 0 Å². The van der Waals surface area contributed by atoms with Crippen LogP contribution in [-0.2, 0) is 6.73 Å². The summed E-state index contributed by atoms with van der Waals surface area (Å²) in [7, 11) is 0. The monoisotopic (exact) mass is 475 g/mol. The number of amides is 1. The van der Waals surface area contributed by atoms with Crippen LogP contribution >= 0.6 is 27.5 Å². The number of nitro groups is 1. The number of carbonyl (C=O) groups is 1. The average Bonchev–Trinajstić information content (AvgIpc) is 3.16. The first-order valence-corrected chi connectivity index (χ1v) is 9.15. The zero-order valence-corrected chi connectivity index (χ0v) is 16.8. The van der Waals surface area contributed by atoms with E-state index in [2.05, 4.69) is 26.3 Å². The summed E-state index contributed by atoms with van der Waals surface area (Å²) in [6, 6.07) is 12.0. The van der Waals surface area contributed by atoms with Crippen LogP contribution in [0.15, 0.2) is 53.1 Å². The van der Waals surface area contributed by atoms with Gasteiger partial charge in [0.15, 0.2) is 12.4 Å². The van der Waals surface area contributed by atoms with Gasteiger partial charge in [0, 0.05) is 23.4 Å². The minimum Gasteiger partial charge on any atom is -0.470 e. The smallest absolute Gasteiger partial charge is 0.276 e. The molecule has 0 bridgehead atoms. The van der Waals surface area contributed by atoms with Gasteiger partial charge in [-0.05, 0) is 46.3 Å². The lowest BCUT2D eigenvalue weighted by Crippen LogP contribution is -2.15. The van der Waals surface area contributed by atoms with Crippen LogP contribution in [0.5, 0.6) is 5.75 Å². The third-order valence-electron chi connectivity index (χ3n) is 3.70. The van der Waals surface area contributed by atoms with Crippen LogP contribution < -0.4 is 10.1 Å². The third-order valence-corrected chi connectivity index (χ3v) is 4.56. The first-order valence-electron chi connectivity index (χ1n) is 7.98. The Balaban J connectivity index is 1.68. The highest BCUT2D eigenvalue weighted by molar-refractivity contribution is 9.10. The number of hydrogen-bond acceptors (Lipinski definition) is 6. The Kier molecular flexibility index (Phi) is 6.11. The van der Waals surface area contributed by atoms with Crippen LogP contribution in [0, 0.1) is 21.4 Å². The summed E-state index contributed by atoms with van der Waals surface area (Å²) < 4.78 is 7.71. The van der Waals surface area contributed by atoms with E-state index < -0.39 is 10.8 Å². The van der Waals surface area contributed by atoms with Crippen molar-refractivity contribution in [1.82, 2.24) is 9.78 Å². The maximum absolute atomic E-state index is 12.4. The molecule has 3 aromatic rings. The first kappa shape index (κ1) is 20.3. The maximum atomic E-state index is 12.4. The Bertz CT molecular complexity index is 1140. The van der Waals surface area contributed by atoms with Gasteiger partial charge < -0.3 is 10.1 Å². The molecule has 3 rings (SSSR count). The van der Waals surface area contributed by atoms with Gasteiger partial charge in [-0.3, -0.25) is 14.9 Å². The highest BCUT2D eigenvalue weighted by Gasteiger charge is 2.15. The van der Waals surface area contributed by atoms with E-state index in [-0.39, 0.29) is 29.4 Å². The van der Waals surface area contributed by atoms with E-state index in [0.29, 0.717) is 15.2 Å². The second-order valence-corrected chi connectivity index (χ2v) is 6.93. The number of benzene rings is 2. The van der Waals surface area contributed by atoms with Gasteiger partial charge in [0.1, 0.15) is 11.8 Å². The van der Waals surface area contributed by atoms with E-state index >= 15 is 0 Å². The molecule has 0 aliphatic carbocycles. The van der Waals surface area contributed by atoms with Crippen molar-refractivity contribution in [2.24, 2.45) is 0 Å². The Morgan fingerprint density at radius 2 is 2.14 bits per heavy atom. The minimum absolute atomic E-state index is 0.0251. The highest BCUT2D eigenvalue weighted by atomic mass is 79.9. The van der Waals surface area contributed by atoms with Crippen molar-refractivity contribution in [3.63, 3.8) is 0 Å². The van der Waals surface area contributed by atoms with E-state index in [9.17, 15) is 14.9 Å². The molecule has 1 N–H and O–H groups in total. The van der Waals surface area contributed by atoms with Gasteiger partial charge in [-0.25, -0.2) is 4.68 Å². The molecule has 2 aromatic carbocycles. The van der Waals surface area contributed by atoms with E-state index in [4.69, 9.17) is 21.6 Å². The van der Waals surface area contributed by atoms with Crippen LogP contribution in [0.4, 0.5) is 11.4 Å². The Morgan fingerprint density at radius 1 is 1.34 bits per heavy atom. The molecule has 0 aliphatic rings. The molecular formula is C18H11BrClN5O4. The number of halogens is 2. The molecule has 1 amide bonds. The molecule has 0 spiro atoms. The fraction of sp³-hybridized carbons (Fsp3) is 0.0556. The predicted molar refractivity (Wildman–Crippen MR) is 108 cm³/mol. The van der Waals surface area contributed by atoms with Crippen molar-refractivity contribution in [1.29, 1.82) is 5.26 Å². The number of aromatic nitrogens is 2. The topological polar surface area (TPSA) is 123 Å². The molecule has 0 atom stereocenters. The molecular weight excluding hydrogens is 466 g/mol. The standard InChI is InChI=1S/C18H11BrClN5O4/c19-14-8-12(20)1-4-17(14)29-10-24-6-5-16(23-24)18(26)22-15-3-2-13(25(27)28)7-11(15)9-21/h1-8H,10H2,(H,22,26). The summed E-state index contributed by atoms with van der Waals surface area (Å²) in [4.78, 5) is 22.6. The normalized spacial score (nSPS) is 10.2. The molecule has 0 saturated carbocycles. The molecule has 0 fully saturated rings. The molecule has 0 saturated heterocycles. The van der Waals surface area contributed by atoms with Gasteiger partial charge in [0.25, 0.3) is 11.6 Å². The second-order valence-electron chi connectivity index (χ2n) is 5.64. The lowest BCUT2D eigenvalue weighted by molar-refractivity contribution is -0.384. The van der Waals surface area contributed by atoms with E-state index in [0.717, 1.165) is 6.07 Å². The fourth-order valence-corrected chi connectivity index (χ4v) is 3.11. The predicted octanol–water partition coefficient (Wildman–Crippen LogP) is 4.37. The van der Waals surface area contributed by atoms with Crippen molar-refractivity contribution < 1.29 is 14.5 Å². The van der Waals surface area contributed by atoms with Crippen LogP contribution in [0.2, 0.25) is 5.02 Å². The number of non-ortho nitro benzene ring substituents is 1. The third kappa shape index (κ3) is 4.90. The minimum atomic E-state index is -0.618. The van der Waals surface area contributed by atoms with Crippen molar-refractivity contribution in [3.8, 4) is 11.8 Å². The quantitative estimate of drug-likeness (QED) is 0.416. The summed E-state index contributed by atoms with van der Waals surface area (Å²) in [5.74, 6) is -0.0118. The largest absolute Gasteiger partial charge is 0.470 e. The number of nitrogens with one attached hydrogen (secondary N) is 1. The molecule has 9 nitrogen and oxygen atoms in total. The SMILES string of the molecule is N#Cc1cc([N+](=O)[O-])ccc1NC(=O)c1ccn(COc2ccc(Cl)cc2Br)n1. The number of hydrogen-bond donors (Lipinski definition) is 1. The van der Waals surface area contributed by atoms with Crippen molar-refractivity contribution in [2.75, 3.05) is 5.32 Å².